The summed E-state index contributed by atoms with van der Waals surface area (Å²) >= 11 is 0. The molecule has 0 radical (unpaired) electrons. The molecule has 0 bridgehead atoms. The number of ether oxygens (including phenoxy) is 1. The fourth-order valence-electron chi connectivity index (χ4n) is 3.21. The number of halogens is 2. The quantitative estimate of drug-likeness (QED) is 0.319. The molecule has 0 spiro atoms. The second kappa shape index (κ2) is 12.7. The van der Waals surface area contributed by atoms with Gasteiger partial charge < -0.3 is 25.2 Å². The number of hydrogen-bond acceptors (Lipinski definition) is 5. The second-order valence-electron chi connectivity index (χ2n) is 7.50. The summed E-state index contributed by atoms with van der Waals surface area (Å²) in [6.45, 7) is 7.27. The van der Waals surface area contributed by atoms with Crippen molar-refractivity contribution in [2.75, 3.05) is 51.7 Å². The first-order chi connectivity index (χ1) is 14.5. The summed E-state index contributed by atoms with van der Waals surface area (Å²) in [5.74, 6) is 2.08. The van der Waals surface area contributed by atoms with Crippen molar-refractivity contribution in [2.45, 2.75) is 19.6 Å². The minimum Gasteiger partial charge on any atom is -0.489 e. The number of hydrogen-bond donors (Lipinski definition) is 2. The molecule has 2 aromatic rings. The van der Waals surface area contributed by atoms with E-state index in [-0.39, 0.29) is 35.9 Å². The van der Waals surface area contributed by atoms with Crippen LogP contribution in [0.2, 0.25) is 0 Å². The number of pyridine rings is 1. The molecule has 1 aromatic heterocycles. The minimum atomic E-state index is -0.273. The molecule has 7 nitrogen and oxygen atoms in total. The van der Waals surface area contributed by atoms with Gasteiger partial charge in [0, 0.05) is 46.0 Å². The summed E-state index contributed by atoms with van der Waals surface area (Å²) < 4.78 is 18.8. The highest BCUT2D eigenvalue weighted by atomic mass is 127. The predicted octanol–water partition coefficient (Wildman–Crippen LogP) is 2.72. The number of likely N-dealkylation sites (N-methyl/N-ethyl adjacent to an activating group) is 1. The highest BCUT2D eigenvalue weighted by Crippen LogP contribution is 2.15. The molecular formula is C22H32FIN6O. The van der Waals surface area contributed by atoms with Crippen molar-refractivity contribution in [1.82, 2.24) is 20.5 Å². The number of nitrogens with one attached hydrogen (secondary N) is 2. The normalized spacial score (nSPS) is 15.7. The third-order valence-electron chi connectivity index (χ3n) is 5.03. The van der Waals surface area contributed by atoms with Crippen LogP contribution in [0.5, 0.6) is 5.75 Å². The van der Waals surface area contributed by atoms with E-state index < -0.39 is 0 Å². The topological polar surface area (TPSA) is 65.0 Å². The van der Waals surface area contributed by atoms with Gasteiger partial charge in [-0.1, -0.05) is 0 Å². The van der Waals surface area contributed by atoms with Crippen molar-refractivity contribution in [3.63, 3.8) is 0 Å². The lowest BCUT2D eigenvalue weighted by Crippen LogP contribution is -2.44. The highest BCUT2D eigenvalue weighted by Gasteiger charge is 2.15. The maximum atomic E-state index is 13.0. The molecule has 1 aliphatic heterocycles. The molecular weight excluding hydrogens is 510 g/mol. The van der Waals surface area contributed by atoms with Gasteiger partial charge in [-0.2, -0.15) is 0 Å². The Morgan fingerprint density at radius 2 is 1.87 bits per heavy atom. The SMILES string of the molecule is CN=C(NCc1ccnc(N2CCN(C)CC2)c1)NCC(C)Oc1ccc(F)cc1.I. The van der Waals surface area contributed by atoms with E-state index in [4.69, 9.17) is 4.74 Å². The molecule has 0 saturated carbocycles. The zero-order chi connectivity index (χ0) is 21.3. The first kappa shape index (κ1) is 25.1. The number of guanidine groups is 1. The molecule has 0 aliphatic carbocycles. The van der Waals surface area contributed by atoms with E-state index in [0.29, 0.717) is 24.8 Å². The molecule has 1 unspecified atom stereocenters. The van der Waals surface area contributed by atoms with E-state index in [2.05, 4.69) is 43.5 Å². The third kappa shape index (κ3) is 8.13. The van der Waals surface area contributed by atoms with Gasteiger partial charge in [0.25, 0.3) is 0 Å². The Balaban J connectivity index is 0.00000341. The summed E-state index contributed by atoms with van der Waals surface area (Å²) in [5.41, 5.74) is 1.15. The molecule has 1 atom stereocenters. The smallest absolute Gasteiger partial charge is 0.191 e. The Kier molecular flexibility index (Phi) is 10.3. The summed E-state index contributed by atoms with van der Waals surface area (Å²) in [6.07, 6.45) is 1.76. The van der Waals surface area contributed by atoms with Gasteiger partial charge in [0.2, 0.25) is 0 Å². The van der Waals surface area contributed by atoms with E-state index in [1.807, 2.05) is 19.2 Å². The van der Waals surface area contributed by atoms with Crippen LogP contribution in [0.15, 0.2) is 47.6 Å². The van der Waals surface area contributed by atoms with Crippen LogP contribution < -0.4 is 20.3 Å². The number of rotatable bonds is 7. The van der Waals surface area contributed by atoms with Gasteiger partial charge in [0.15, 0.2) is 5.96 Å². The number of nitrogens with zero attached hydrogens (tertiary/aromatic N) is 4. The zero-order valence-electron chi connectivity index (χ0n) is 18.3. The largest absolute Gasteiger partial charge is 0.489 e. The Labute approximate surface area is 201 Å². The molecule has 2 N–H and O–H groups in total. The molecule has 1 aromatic carbocycles. The standard InChI is InChI=1S/C22H31FN6O.HI/c1-17(30-20-6-4-19(23)5-7-20)15-26-22(24-2)27-16-18-8-9-25-21(14-18)29-12-10-28(3)11-13-29;/h4-9,14,17H,10-13,15-16H2,1-3H3,(H2,24,26,27);1H. The van der Waals surface area contributed by atoms with Crippen molar-refractivity contribution in [1.29, 1.82) is 0 Å². The maximum Gasteiger partial charge on any atom is 0.191 e. The van der Waals surface area contributed by atoms with Gasteiger partial charge in [-0.3, -0.25) is 4.99 Å². The third-order valence-corrected chi connectivity index (χ3v) is 5.03. The lowest BCUT2D eigenvalue weighted by Gasteiger charge is -2.33. The van der Waals surface area contributed by atoms with E-state index >= 15 is 0 Å². The van der Waals surface area contributed by atoms with Crippen LogP contribution in [-0.4, -0.2) is 68.8 Å². The van der Waals surface area contributed by atoms with Gasteiger partial charge in [-0.05, 0) is 55.9 Å². The average Bonchev–Trinajstić information content (AvgIpc) is 2.76. The maximum absolute atomic E-state index is 13.0. The first-order valence-electron chi connectivity index (χ1n) is 10.3. The molecule has 0 amide bonds. The Morgan fingerprint density at radius 3 is 2.55 bits per heavy atom. The summed E-state index contributed by atoms with van der Waals surface area (Å²) in [6, 6.07) is 10.2. The average molecular weight is 542 g/mol. The van der Waals surface area contributed by atoms with Gasteiger partial charge in [0.05, 0.1) is 6.54 Å². The van der Waals surface area contributed by atoms with Crippen molar-refractivity contribution in [3.8, 4) is 5.75 Å². The molecule has 9 heteroatoms. The highest BCUT2D eigenvalue weighted by molar-refractivity contribution is 14.0. The fraction of sp³-hybridized carbons (Fsp3) is 0.455. The predicted molar refractivity (Wildman–Crippen MR) is 134 cm³/mol. The monoisotopic (exact) mass is 542 g/mol. The van der Waals surface area contributed by atoms with Crippen LogP contribution in [0.4, 0.5) is 10.2 Å². The molecule has 31 heavy (non-hydrogen) atoms. The summed E-state index contributed by atoms with van der Waals surface area (Å²) in [4.78, 5) is 13.5. The number of aliphatic imine (C=N–C) groups is 1. The van der Waals surface area contributed by atoms with E-state index in [9.17, 15) is 4.39 Å². The summed E-state index contributed by atoms with van der Waals surface area (Å²) in [5, 5.41) is 6.59. The number of benzene rings is 1. The van der Waals surface area contributed by atoms with Crippen molar-refractivity contribution in [2.24, 2.45) is 4.99 Å². The van der Waals surface area contributed by atoms with Gasteiger partial charge in [0.1, 0.15) is 23.5 Å². The number of piperazine rings is 1. The lowest BCUT2D eigenvalue weighted by atomic mass is 10.2. The van der Waals surface area contributed by atoms with E-state index in [0.717, 1.165) is 37.6 Å². The van der Waals surface area contributed by atoms with Crippen molar-refractivity contribution in [3.05, 3.63) is 54.0 Å². The number of aromatic nitrogens is 1. The molecule has 1 saturated heterocycles. The van der Waals surface area contributed by atoms with Gasteiger partial charge >= 0.3 is 0 Å². The Hall–Kier alpha value is -2.14. The van der Waals surface area contributed by atoms with E-state index in [1.165, 1.54) is 12.1 Å². The number of anilines is 1. The molecule has 2 heterocycles. The Morgan fingerprint density at radius 1 is 1.16 bits per heavy atom. The van der Waals surface area contributed by atoms with Gasteiger partial charge in [-0.25, -0.2) is 9.37 Å². The second-order valence-corrected chi connectivity index (χ2v) is 7.50. The van der Waals surface area contributed by atoms with Crippen LogP contribution in [0.3, 0.4) is 0 Å². The summed E-state index contributed by atoms with van der Waals surface area (Å²) in [7, 11) is 3.89. The molecule has 1 fully saturated rings. The van der Waals surface area contributed by atoms with Crippen molar-refractivity contribution >= 4 is 35.8 Å². The van der Waals surface area contributed by atoms with Crippen LogP contribution in [0, 0.1) is 5.82 Å². The van der Waals surface area contributed by atoms with Crippen LogP contribution in [-0.2, 0) is 6.54 Å². The van der Waals surface area contributed by atoms with Crippen LogP contribution in [0.25, 0.3) is 0 Å². The first-order valence-corrected chi connectivity index (χ1v) is 10.3. The fourth-order valence-corrected chi connectivity index (χ4v) is 3.21. The molecule has 3 rings (SSSR count). The molecule has 170 valence electrons. The zero-order valence-corrected chi connectivity index (χ0v) is 20.7. The Bertz CT molecular complexity index is 827. The van der Waals surface area contributed by atoms with Crippen LogP contribution >= 0.6 is 24.0 Å². The minimum absolute atomic E-state index is 0. The van der Waals surface area contributed by atoms with E-state index in [1.54, 1.807) is 19.2 Å². The van der Waals surface area contributed by atoms with Crippen LogP contribution in [0.1, 0.15) is 12.5 Å². The molecule has 1 aliphatic rings. The lowest BCUT2D eigenvalue weighted by molar-refractivity contribution is 0.223. The van der Waals surface area contributed by atoms with Gasteiger partial charge in [-0.15, -0.1) is 24.0 Å². The van der Waals surface area contributed by atoms with Crippen molar-refractivity contribution < 1.29 is 9.13 Å².